The van der Waals surface area contributed by atoms with E-state index in [9.17, 15) is 14.4 Å². The second-order valence-electron chi connectivity index (χ2n) is 7.63. The maximum Gasteiger partial charge on any atom is 0.412 e. The number of ether oxygens (including phenoxy) is 1. The van der Waals surface area contributed by atoms with E-state index in [1.807, 2.05) is 13.0 Å². The zero-order chi connectivity index (χ0) is 21.6. The molecule has 8 nitrogen and oxygen atoms in total. The third-order valence-corrected chi connectivity index (χ3v) is 3.69. The van der Waals surface area contributed by atoms with Crippen molar-refractivity contribution >= 4 is 29.4 Å². The standard InChI is InChI=1S/C21H26N4O4/c1-14-10-11-22-17(12-14)24-18(26)13-25(5)19(27)15-6-8-16(9-7-15)23-20(28)29-21(2,3)4/h6-12H,13H2,1-5H3,(H,23,28)(H,22,24,26). The van der Waals surface area contributed by atoms with Gasteiger partial charge in [0.15, 0.2) is 0 Å². The monoisotopic (exact) mass is 398 g/mol. The van der Waals surface area contributed by atoms with Crippen LogP contribution in [0.5, 0.6) is 0 Å². The van der Waals surface area contributed by atoms with Crippen molar-refractivity contribution in [3.8, 4) is 0 Å². The minimum Gasteiger partial charge on any atom is -0.444 e. The van der Waals surface area contributed by atoms with Crippen LogP contribution in [0.4, 0.5) is 16.3 Å². The van der Waals surface area contributed by atoms with Crippen molar-refractivity contribution in [2.24, 2.45) is 0 Å². The van der Waals surface area contributed by atoms with Gasteiger partial charge in [-0.1, -0.05) is 0 Å². The van der Waals surface area contributed by atoms with Gasteiger partial charge in [0.25, 0.3) is 5.91 Å². The molecule has 0 aliphatic heterocycles. The third kappa shape index (κ3) is 7.25. The summed E-state index contributed by atoms with van der Waals surface area (Å²) < 4.78 is 5.18. The molecule has 0 fully saturated rings. The van der Waals surface area contributed by atoms with Gasteiger partial charge in [-0.15, -0.1) is 0 Å². The molecule has 1 aromatic carbocycles. The van der Waals surface area contributed by atoms with E-state index < -0.39 is 11.7 Å². The summed E-state index contributed by atoms with van der Waals surface area (Å²) in [5.74, 6) is -0.225. The predicted molar refractivity (Wildman–Crippen MR) is 111 cm³/mol. The van der Waals surface area contributed by atoms with E-state index in [1.165, 1.54) is 4.90 Å². The number of aromatic nitrogens is 1. The Labute approximate surface area is 170 Å². The Bertz CT molecular complexity index is 888. The molecule has 3 amide bonds. The highest BCUT2D eigenvalue weighted by Crippen LogP contribution is 2.14. The van der Waals surface area contributed by atoms with Gasteiger partial charge in [-0.25, -0.2) is 9.78 Å². The first-order chi connectivity index (χ1) is 13.5. The number of aryl methyl sites for hydroxylation is 1. The molecule has 29 heavy (non-hydrogen) atoms. The number of hydrogen-bond acceptors (Lipinski definition) is 5. The third-order valence-electron chi connectivity index (χ3n) is 3.69. The summed E-state index contributed by atoms with van der Waals surface area (Å²) >= 11 is 0. The summed E-state index contributed by atoms with van der Waals surface area (Å²) in [6.45, 7) is 7.10. The molecular formula is C21H26N4O4. The van der Waals surface area contributed by atoms with Crippen molar-refractivity contribution in [1.29, 1.82) is 0 Å². The lowest BCUT2D eigenvalue weighted by molar-refractivity contribution is -0.116. The van der Waals surface area contributed by atoms with E-state index in [2.05, 4.69) is 15.6 Å². The minimum absolute atomic E-state index is 0.119. The number of amides is 3. The van der Waals surface area contributed by atoms with Crippen molar-refractivity contribution in [2.75, 3.05) is 24.2 Å². The first-order valence-electron chi connectivity index (χ1n) is 9.11. The lowest BCUT2D eigenvalue weighted by atomic mass is 10.2. The van der Waals surface area contributed by atoms with Crippen LogP contribution in [0.15, 0.2) is 42.6 Å². The number of likely N-dealkylation sites (N-methyl/N-ethyl adjacent to an activating group) is 1. The quantitative estimate of drug-likeness (QED) is 0.803. The first kappa shape index (κ1) is 21.9. The summed E-state index contributed by atoms with van der Waals surface area (Å²) in [5, 5.41) is 5.26. The fourth-order valence-electron chi connectivity index (χ4n) is 2.41. The van der Waals surface area contributed by atoms with Crippen LogP contribution in [0, 0.1) is 6.92 Å². The molecule has 0 aliphatic carbocycles. The smallest absolute Gasteiger partial charge is 0.412 e. The predicted octanol–water partition coefficient (Wildman–Crippen LogP) is 3.45. The molecule has 0 saturated carbocycles. The van der Waals surface area contributed by atoms with Gasteiger partial charge in [0, 0.05) is 24.5 Å². The van der Waals surface area contributed by atoms with Crippen LogP contribution in [0.1, 0.15) is 36.7 Å². The molecule has 0 spiro atoms. The fraction of sp³-hybridized carbons (Fsp3) is 0.333. The van der Waals surface area contributed by atoms with Gasteiger partial charge in [0.1, 0.15) is 11.4 Å². The van der Waals surface area contributed by atoms with E-state index in [-0.39, 0.29) is 18.4 Å². The number of hydrogen-bond donors (Lipinski definition) is 2. The Balaban J connectivity index is 1.91. The lowest BCUT2D eigenvalue weighted by Gasteiger charge is -2.20. The summed E-state index contributed by atoms with van der Waals surface area (Å²) in [6, 6.07) is 9.92. The average Bonchev–Trinajstić information content (AvgIpc) is 2.60. The zero-order valence-corrected chi connectivity index (χ0v) is 17.3. The summed E-state index contributed by atoms with van der Waals surface area (Å²) in [4.78, 5) is 41.8. The van der Waals surface area contributed by atoms with Gasteiger partial charge in [-0.2, -0.15) is 0 Å². The summed E-state index contributed by atoms with van der Waals surface area (Å²) in [7, 11) is 1.54. The van der Waals surface area contributed by atoms with Crippen molar-refractivity contribution < 1.29 is 19.1 Å². The molecule has 1 aromatic heterocycles. The Kier molecular flexibility index (Phi) is 6.93. The minimum atomic E-state index is -0.600. The van der Waals surface area contributed by atoms with Crippen LogP contribution in [-0.4, -0.2) is 47.0 Å². The maximum atomic E-state index is 12.5. The highest BCUT2D eigenvalue weighted by Gasteiger charge is 2.18. The summed E-state index contributed by atoms with van der Waals surface area (Å²) in [5.41, 5.74) is 1.27. The second kappa shape index (κ2) is 9.18. The van der Waals surface area contributed by atoms with Crippen LogP contribution < -0.4 is 10.6 Å². The molecular weight excluding hydrogens is 372 g/mol. The molecule has 2 rings (SSSR count). The van der Waals surface area contributed by atoms with Crippen molar-refractivity contribution in [3.63, 3.8) is 0 Å². The number of nitrogens with one attached hydrogen (secondary N) is 2. The molecule has 0 bridgehead atoms. The van der Waals surface area contributed by atoms with Gasteiger partial charge in [0.2, 0.25) is 5.91 Å². The molecule has 0 saturated heterocycles. The number of pyridine rings is 1. The Hall–Kier alpha value is -3.42. The molecule has 0 unspecified atom stereocenters. The molecule has 1 heterocycles. The summed E-state index contributed by atoms with van der Waals surface area (Å²) in [6.07, 6.45) is 1.03. The van der Waals surface area contributed by atoms with Crippen LogP contribution in [0.3, 0.4) is 0 Å². The average molecular weight is 398 g/mol. The van der Waals surface area contributed by atoms with E-state index in [0.29, 0.717) is 17.1 Å². The van der Waals surface area contributed by atoms with Crippen LogP contribution in [-0.2, 0) is 9.53 Å². The molecule has 0 atom stereocenters. The number of anilines is 2. The van der Waals surface area contributed by atoms with Crippen molar-refractivity contribution in [3.05, 3.63) is 53.7 Å². The van der Waals surface area contributed by atoms with E-state index in [0.717, 1.165) is 5.56 Å². The number of nitrogens with zero attached hydrogens (tertiary/aromatic N) is 2. The largest absolute Gasteiger partial charge is 0.444 e. The Morgan fingerprint density at radius 1 is 1.07 bits per heavy atom. The van der Waals surface area contributed by atoms with Gasteiger partial charge >= 0.3 is 6.09 Å². The van der Waals surface area contributed by atoms with Gasteiger partial charge in [-0.05, 0) is 69.7 Å². The first-order valence-corrected chi connectivity index (χ1v) is 9.11. The number of rotatable bonds is 5. The lowest BCUT2D eigenvalue weighted by Crippen LogP contribution is -2.35. The molecule has 0 radical (unpaired) electrons. The number of carbonyl (C=O) groups is 3. The SMILES string of the molecule is Cc1ccnc(NC(=O)CN(C)C(=O)c2ccc(NC(=O)OC(C)(C)C)cc2)c1. The topological polar surface area (TPSA) is 101 Å². The highest BCUT2D eigenvalue weighted by molar-refractivity contribution is 5.99. The van der Waals surface area contributed by atoms with Crippen LogP contribution in [0.25, 0.3) is 0 Å². The van der Waals surface area contributed by atoms with Crippen LogP contribution in [0.2, 0.25) is 0 Å². The molecule has 154 valence electrons. The maximum absolute atomic E-state index is 12.5. The van der Waals surface area contributed by atoms with E-state index >= 15 is 0 Å². The van der Waals surface area contributed by atoms with Crippen molar-refractivity contribution in [2.45, 2.75) is 33.3 Å². The van der Waals surface area contributed by atoms with Gasteiger partial charge in [0.05, 0.1) is 6.54 Å². The molecule has 2 N–H and O–H groups in total. The second-order valence-corrected chi connectivity index (χ2v) is 7.63. The normalized spacial score (nSPS) is 10.8. The number of benzene rings is 1. The van der Waals surface area contributed by atoms with Gasteiger partial charge in [-0.3, -0.25) is 14.9 Å². The Morgan fingerprint density at radius 2 is 1.72 bits per heavy atom. The molecule has 8 heteroatoms. The van der Waals surface area contributed by atoms with Gasteiger partial charge < -0.3 is 15.0 Å². The van der Waals surface area contributed by atoms with Crippen molar-refractivity contribution in [1.82, 2.24) is 9.88 Å². The fourth-order valence-corrected chi connectivity index (χ4v) is 2.41. The molecule has 0 aliphatic rings. The van der Waals surface area contributed by atoms with E-state index in [4.69, 9.17) is 4.74 Å². The zero-order valence-electron chi connectivity index (χ0n) is 17.3. The van der Waals surface area contributed by atoms with E-state index in [1.54, 1.807) is 64.3 Å². The highest BCUT2D eigenvalue weighted by atomic mass is 16.6. The van der Waals surface area contributed by atoms with Crippen LogP contribution >= 0.6 is 0 Å². The number of carbonyl (C=O) groups excluding carboxylic acids is 3. The Morgan fingerprint density at radius 3 is 2.31 bits per heavy atom. The molecule has 2 aromatic rings.